The molecule has 0 atom stereocenters. The summed E-state index contributed by atoms with van der Waals surface area (Å²) >= 11 is 24.2. The van der Waals surface area contributed by atoms with Gasteiger partial charge in [0.15, 0.2) is 11.6 Å². The highest BCUT2D eigenvalue weighted by Gasteiger charge is 2.15. The summed E-state index contributed by atoms with van der Waals surface area (Å²) in [5, 5.41) is 20.0. The van der Waals surface area contributed by atoms with Crippen LogP contribution < -0.4 is 22.5 Å². The molecule has 4 aromatic rings. The van der Waals surface area contributed by atoms with Gasteiger partial charge in [-0.3, -0.25) is 0 Å². The van der Waals surface area contributed by atoms with E-state index >= 15 is 0 Å². The number of nitrogens with one attached hydrogen (secondary N) is 1. The lowest BCUT2D eigenvalue weighted by Gasteiger charge is -2.12. The molecule has 41 heavy (non-hydrogen) atoms. The van der Waals surface area contributed by atoms with Gasteiger partial charge in [0, 0.05) is 24.8 Å². The van der Waals surface area contributed by atoms with E-state index in [1.165, 1.54) is 0 Å². The highest BCUT2D eigenvalue weighted by molar-refractivity contribution is 6.44. The third-order valence-electron chi connectivity index (χ3n) is 4.82. The molecule has 0 aliphatic rings. The minimum absolute atomic E-state index is 0.0133. The van der Waals surface area contributed by atoms with Gasteiger partial charge in [-0.1, -0.05) is 84.5 Å². The molecule has 12 nitrogen and oxygen atoms in total. The van der Waals surface area contributed by atoms with Gasteiger partial charge >= 0.3 is 0 Å². The number of ether oxygens (including phenoxy) is 2. The molecule has 0 radical (unpaired) electrons. The number of nitrogens with two attached hydrogens (primary N) is 3. The predicted molar refractivity (Wildman–Crippen MR) is 166 cm³/mol. The maximum atomic E-state index is 6.23. The number of hydrogen-bond acceptors (Lipinski definition) is 12. The first-order chi connectivity index (χ1) is 19.7. The molecule has 2 aromatic carbocycles. The molecule has 0 amide bonds. The fourth-order valence-corrected chi connectivity index (χ4v) is 3.83. The second-order valence-electron chi connectivity index (χ2n) is 7.51. The van der Waals surface area contributed by atoms with Crippen molar-refractivity contribution in [3.05, 3.63) is 56.5 Å². The van der Waals surface area contributed by atoms with Gasteiger partial charge in [0.1, 0.15) is 11.4 Å². The molecule has 0 saturated heterocycles. The molecule has 2 heterocycles. The fraction of sp³-hybridized carbons (Fsp3) is 0.280. The van der Waals surface area contributed by atoms with E-state index in [4.69, 9.17) is 73.1 Å². The summed E-state index contributed by atoms with van der Waals surface area (Å²) in [6, 6.07) is 10.4. The molecular weight excluding hydrogens is 614 g/mol. The Bertz CT molecular complexity index is 1420. The lowest BCUT2D eigenvalue weighted by molar-refractivity contribution is 0.0759. The van der Waals surface area contributed by atoms with E-state index in [-0.39, 0.29) is 17.7 Å². The number of aromatic nitrogens is 6. The molecule has 4 rings (SSSR count). The molecule has 16 heteroatoms. The monoisotopic (exact) mass is 642 g/mol. The number of methoxy groups -OCH3 is 1. The van der Waals surface area contributed by atoms with Crippen molar-refractivity contribution in [3.8, 4) is 22.5 Å². The largest absolute Gasteiger partial charge is 0.382 e. The van der Waals surface area contributed by atoms with E-state index < -0.39 is 0 Å². The second kappa shape index (κ2) is 17.5. The first kappa shape index (κ1) is 33.9. The smallest absolute Gasteiger partial charge is 0.242 e. The first-order valence-corrected chi connectivity index (χ1v) is 13.7. The number of hydrogen-bond donors (Lipinski definition) is 4. The van der Waals surface area contributed by atoms with Crippen LogP contribution in [-0.4, -0.2) is 63.8 Å². The molecular formula is C25H30Cl4N10O2. The van der Waals surface area contributed by atoms with E-state index in [9.17, 15) is 0 Å². The lowest BCUT2D eigenvalue weighted by Crippen LogP contribution is -2.14. The van der Waals surface area contributed by atoms with Gasteiger partial charge in [0.25, 0.3) is 0 Å². The van der Waals surface area contributed by atoms with Crippen molar-refractivity contribution in [1.82, 2.24) is 30.4 Å². The highest BCUT2D eigenvalue weighted by atomic mass is 35.5. The van der Waals surface area contributed by atoms with Gasteiger partial charge in [-0.25, -0.2) is 0 Å². The third kappa shape index (κ3) is 9.95. The topological polar surface area (TPSA) is 186 Å². The second-order valence-corrected chi connectivity index (χ2v) is 9.08. The number of rotatable bonds is 9. The number of nitrogens with zero attached hydrogens (tertiary/aromatic N) is 6. The first-order valence-electron chi connectivity index (χ1n) is 12.2. The van der Waals surface area contributed by atoms with E-state index in [0.29, 0.717) is 74.8 Å². The maximum Gasteiger partial charge on any atom is 0.242 e. The molecule has 0 bridgehead atoms. The molecule has 7 N–H and O–H groups in total. The minimum atomic E-state index is 0.0133. The Morgan fingerprint density at radius 2 is 1.24 bits per heavy atom. The van der Waals surface area contributed by atoms with Crippen LogP contribution in [0.25, 0.3) is 22.5 Å². The molecule has 0 aliphatic heterocycles. The average molecular weight is 644 g/mol. The van der Waals surface area contributed by atoms with Gasteiger partial charge in [-0.2, -0.15) is 9.97 Å². The van der Waals surface area contributed by atoms with Crippen LogP contribution in [0.2, 0.25) is 20.1 Å². The van der Waals surface area contributed by atoms with Crippen molar-refractivity contribution in [2.75, 3.05) is 56.0 Å². The van der Waals surface area contributed by atoms with Gasteiger partial charge in [0.2, 0.25) is 11.9 Å². The number of anilines is 4. The van der Waals surface area contributed by atoms with Crippen LogP contribution in [0.3, 0.4) is 0 Å². The fourth-order valence-electron chi connectivity index (χ4n) is 3.05. The average Bonchev–Trinajstić information content (AvgIpc) is 2.96. The summed E-state index contributed by atoms with van der Waals surface area (Å²) in [7, 11) is 1.62. The van der Waals surface area contributed by atoms with Crippen molar-refractivity contribution in [3.63, 3.8) is 0 Å². The zero-order chi connectivity index (χ0) is 30.4. The Balaban J connectivity index is 0.000000285. The Labute approximate surface area is 257 Å². The van der Waals surface area contributed by atoms with Crippen LogP contribution in [0.4, 0.5) is 23.5 Å². The number of nitrogen functional groups attached to an aromatic ring is 3. The summed E-state index contributed by atoms with van der Waals surface area (Å²) in [6.07, 6.45) is 0. The molecule has 0 spiro atoms. The van der Waals surface area contributed by atoms with Crippen LogP contribution in [0.1, 0.15) is 13.8 Å². The molecule has 220 valence electrons. The Kier molecular flexibility index (Phi) is 14.5. The standard InChI is InChI=1S/C14H17Cl2N5O2.C9H7Cl2N5.C2H6/c1-22-7-8-23-6-5-18-13-12(20-21-14(17)19-13)9-3-2-4-10(15)11(9)16;10-5-3-1-2-4(6(5)11)7-8(12)14-9(13)16-15-7;1-2/h2-4H,5-8H2,1H3,(H3,17,18,19,21);1-3H,(H4,12,13,14,16);1-2H3. The van der Waals surface area contributed by atoms with Crippen LogP contribution in [0, 0.1) is 0 Å². The summed E-state index contributed by atoms with van der Waals surface area (Å²) in [5.41, 5.74) is 18.7. The molecule has 0 saturated carbocycles. The van der Waals surface area contributed by atoms with Crippen LogP contribution in [-0.2, 0) is 9.47 Å². The highest BCUT2D eigenvalue weighted by Crippen LogP contribution is 2.35. The van der Waals surface area contributed by atoms with Gasteiger partial charge < -0.3 is 32.0 Å². The summed E-state index contributed by atoms with van der Waals surface area (Å²) < 4.78 is 10.3. The van der Waals surface area contributed by atoms with E-state index in [0.717, 1.165) is 0 Å². The number of halogens is 4. The third-order valence-corrected chi connectivity index (χ3v) is 6.46. The normalized spacial score (nSPS) is 10.2. The molecule has 0 fully saturated rings. The van der Waals surface area contributed by atoms with E-state index in [1.807, 2.05) is 13.8 Å². The summed E-state index contributed by atoms with van der Waals surface area (Å²) in [4.78, 5) is 7.97. The van der Waals surface area contributed by atoms with E-state index in [2.05, 4.69) is 35.7 Å². The predicted octanol–water partition coefficient (Wildman–Crippen LogP) is 5.54. The van der Waals surface area contributed by atoms with Crippen LogP contribution >= 0.6 is 46.4 Å². The molecule has 2 aromatic heterocycles. The summed E-state index contributed by atoms with van der Waals surface area (Å²) in [6.45, 7) is 6.07. The van der Waals surface area contributed by atoms with E-state index in [1.54, 1.807) is 43.5 Å². The van der Waals surface area contributed by atoms with Crippen molar-refractivity contribution < 1.29 is 9.47 Å². The van der Waals surface area contributed by atoms with Gasteiger partial charge in [0.05, 0.1) is 39.9 Å². The van der Waals surface area contributed by atoms with Crippen molar-refractivity contribution in [2.45, 2.75) is 13.8 Å². The Morgan fingerprint density at radius 1 is 0.707 bits per heavy atom. The Morgan fingerprint density at radius 3 is 1.80 bits per heavy atom. The lowest BCUT2D eigenvalue weighted by atomic mass is 10.1. The molecule has 0 unspecified atom stereocenters. The Hall–Kier alpha value is -3.26. The zero-order valence-corrected chi connectivity index (χ0v) is 25.6. The zero-order valence-electron chi connectivity index (χ0n) is 22.5. The van der Waals surface area contributed by atoms with Crippen LogP contribution in [0.15, 0.2) is 36.4 Å². The van der Waals surface area contributed by atoms with Crippen molar-refractivity contribution in [2.24, 2.45) is 0 Å². The van der Waals surface area contributed by atoms with Gasteiger partial charge in [-0.05, 0) is 12.1 Å². The maximum absolute atomic E-state index is 6.23. The van der Waals surface area contributed by atoms with Gasteiger partial charge in [-0.15, -0.1) is 20.4 Å². The van der Waals surface area contributed by atoms with Crippen molar-refractivity contribution in [1.29, 1.82) is 0 Å². The summed E-state index contributed by atoms with van der Waals surface area (Å²) in [5.74, 6) is 0.711. The quantitative estimate of drug-likeness (QED) is 0.167. The molecule has 0 aliphatic carbocycles. The van der Waals surface area contributed by atoms with Crippen molar-refractivity contribution >= 4 is 69.9 Å². The van der Waals surface area contributed by atoms with Crippen LogP contribution in [0.5, 0.6) is 0 Å². The SMILES string of the molecule is CC.COCCOCCNc1nc(N)nnc1-c1cccc(Cl)c1Cl.Nc1nnc(-c2cccc(Cl)c2Cl)c(N)n1. The number of benzene rings is 2. The minimum Gasteiger partial charge on any atom is -0.382 e.